The zero-order valence-corrected chi connectivity index (χ0v) is 20.7. The first-order valence-corrected chi connectivity index (χ1v) is 11.6. The van der Waals surface area contributed by atoms with Gasteiger partial charge in [0.2, 0.25) is 0 Å². The van der Waals surface area contributed by atoms with E-state index in [-0.39, 0.29) is 24.0 Å². The third kappa shape index (κ3) is 8.00. The average Bonchev–Trinajstić information content (AvgIpc) is 2.79. The Morgan fingerprint density at radius 3 is 2.43 bits per heavy atom. The number of nitrogens with one attached hydrogen (secondary N) is 2. The smallest absolute Gasteiger partial charge is 0.191 e. The highest BCUT2D eigenvalue weighted by molar-refractivity contribution is 14.0. The van der Waals surface area contributed by atoms with Crippen LogP contribution in [0.5, 0.6) is 0 Å². The van der Waals surface area contributed by atoms with Crippen LogP contribution in [0.3, 0.4) is 0 Å². The molecule has 0 saturated carbocycles. The molecular formula is C23H33IN4OS. The summed E-state index contributed by atoms with van der Waals surface area (Å²) >= 11 is 2.03. The number of aliphatic imine (C=N–C) groups is 1. The SMILES string of the molecule is CCNC(=NCc1ccc(N2CCSCC2)cc1)NCCC(O)c1ccccc1.I. The molecule has 7 heteroatoms. The number of nitrogens with zero attached hydrogens (tertiary/aromatic N) is 2. The van der Waals surface area contributed by atoms with Gasteiger partial charge in [0.15, 0.2) is 5.96 Å². The van der Waals surface area contributed by atoms with Crippen LogP contribution in [-0.4, -0.2) is 48.8 Å². The van der Waals surface area contributed by atoms with E-state index in [4.69, 9.17) is 4.99 Å². The molecule has 2 aromatic rings. The lowest BCUT2D eigenvalue weighted by Crippen LogP contribution is -2.38. The van der Waals surface area contributed by atoms with Crippen LogP contribution in [0.2, 0.25) is 0 Å². The molecular weight excluding hydrogens is 507 g/mol. The summed E-state index contributed by atoms with van der Waals surface area (Å²) in [7, 11) is 0. The van der Waals surface area contributed by atoms with Gasteiger partial charge in [-0.25, -0.2) is 4.99 Å². The summed E-state index contributed by atoms with van der Waals surface area (Å²) in [6, 6.07) is 18.5. The highest BCUT2D eigenvalue weighted by atomic mass is 127. The third-order valence-corrected chi connectivity index (χ3v) is 5.91. The molecule has 0 radical (unpaired) electrons. The number of thioether (sulfide) groups is 1. The van der Waals surface area contributed by atoms with Gasteiger partial charge in [-0.05, 0) is 36.6 Å². The summed E-state index contributed by atoms with van der Waals surface area (Å²) in [6.45, 7) is 6.41. The molecule has 1 atom stereocenters. The number of aliphatic hydroxyl groups excluding tert-OH is 1. The number of anilines is 1. The summed E-state index contributed by atoms with van der Waals surface area (Å²) in [5.74, 6) is 3.20. The minimum atomic E-state index is -0.465. The maximum atomic E-state index is 10.3. The van der Waals surface area contributed by atoms with E-state index in [1.807, 2.05) is 42.1 Å². The predicted molar refractivity (Wildman–Crippen MR) is 140 cm³/mol. The summed E-state index contributed by atoms with van der Waals surface area (Å²) in [6.07, 6.45) is 0.171. The van der Waals surface area contributed by atoms with Crippen molar-refractivity contribution in [3.63, 3.8) is 0 Å². The normalized spacial score (nSPS) is 15.3. The van der Waals surface area contributed by atoms with Crippen molar-refractivity contribution < 1.29 is 5.11 Å². The van der Waals surface area contributed by atoms with Crippen molar-refractivity contribution >= 4 is 47.4 Å². The molecule has 3 rings (SSSR count). The standard InChI is InChI=1S/C23H32N4OS.HI/c1-2-24-23(25-13-12-22(28)20-6-4-3-5-7-20)26-18-19-8-10-21(11-9-19)27-14-16-29-17-15-27;/h3-11,22,28H,2,12-18H2,1H3,(H2,24,25,26);1H. The lowest BCUT2D eigenvalue weighted by atomic mass is 10.1. The molecule has 164 valence electrons. The molecule has 0 aromatic heterocycles. The van der Waals surface area contributed by atoms with Gasteiger partial charge in [0.1, 0.15) is 0 Å². The van der Waals surface area contributed by atoms with Gasteiger partial charge in [0.05, 0.1) is 12.6 Å². The first kappa shape index (κ1) is 24.8. The highest BCUT2D eigenvalue weighted by Crippen LogP contribution is 2.20. The Bertz CT molecular complexity index is 752. The number of halogens is 1. The second-order valence-corrected chi connectivity index (χ2v) is 8.33. The van der Waals surface area contributed by atoms with E-state index in [0.29, 0.717) is 19.5 Å². The molecule has 0 amide bonds. The van der Waals surface area contributed by atoms with E-state index in [2.05, 4.69) is 46.7 Å². The Morgan fingerprint density at radius 1 is 1.07 bits per heavy atom. The molecule has 0 bridgehead atoms. The van der Waals surface area contributed by atoms with Crippen molar-refractivity contribution in [2.45, 2.75) is 26.0 Å². The molecule has 0 aliphatic carbocycles. The maximum Gasteiger partial charge on any atom is 0.191 e. The van der Waals surface area contributed by atoms with Crippen molar-refractivity contribution in [2.24, 2.45) is 4.99 Å². The second-order valence-electron chi connectivity index (χ2n) is 7.10. The van der Waals surface area contributed by atoms with E-state index in [9.17, 15) is 5.11 Å². The van der Waals surface area contributed by atoms with Crippen LogP contribution in [0.25, 0.3) is 0 Å². The van der Waals surface area contributed by atoms with Crippen LogP contribution in [0.15, 0.2) is 59.6 Å². The molecule has 1 unspecified atom stereocenters. The fraction of sp³-hybridized carbons (Fsp3) is 0.435. The van der Waals surface area contributed by atoms with Gasteiger partial charge in [-0.3, -0.25) is 0 Å². The fourth-order valence-corrected chi connectivity index (χ4v) is 4.22. The van der Waals surface area contributed by atoms with E-state index in [1.165, 1.54) is 22.8 Å². The molecule has 2 aromatic carbocycles. The fourth-order valence-electron chi connectivity index (χ4n) is 3.31. The zero-order chi connectivity index (χ0) is 20.3. The van der Waals surface area contributed by atoms with Crippen LogP contribution in [0, 0.1) is 0 Å². The minimum Gasteiger partial charge on any atom is -0.388 e. The Labute approximate surface area is 201 Å². The molecule has 0 spiro atoms. The molecule has 1 saturated heterocycles. The van der Waals surface area contributed by atoms with Gasteiger partial charge < -0.3 is 20.6 Å². The second kappa shape index (κ2) is 13.8. The van der Waals surface area contributed by atoms with Crippen LogP contribution < -0.4 is 15.5 Å². The Kier molecular flexibility index (Phi) is 11.4. The Balaban J connectivity index is 0.00000320. The largest absolute Gasteiger partial charge is 0.388 e. The number of hydrogen-bond donors (Lipinski definition) is 3. The Morgan fingerprint density at radius 2 is 1.77 bits per heavy atom. The lowest BCUT2D eigenvalue weighted by molar-refractivity contribution is 0.168. The van der Waals surface area contributed by atoms with E-state index in [0.717, 1.165) is 31.2 Å². The predicted octanol–water partition coefficient (Wildman–Crippen LogP) is 4.04. The van der Waals surface area contributed by atoms with Gasteiger partial charge in [-0.15, -0.1) is 24.0 Å². The first-order valence-electron chi connectivity index (χ1n) is 10.4. The lowest BCUT2D eigenvalue weighted by Gasteiger charge is -2.28. The van der Waals surface area contributed by atoms with Crippen molar-refractivity contribution in [3.8, 4) is 0 Å². The van der Waals surface area contributed by atoms with Gasteiger partial charge >= 0.3 is 0 Å². The number of benzene rings is 2. The third-order valence-electron chi connectivity index (χ3n) is 4.97. The molecule has 5 nitrogen and oxygen atoms in total. The van der Waals surface area contributed by atoms with Crippen molar-refractivity contribution in [1.29, 1.82) is 0 Å². The number of rotatable bonds is 8. The Hall–Kier alpha value is -1.45. The molecule has 3 N–H and O–H groups in total. The van der Waals surface area contributed by atoms with E-state index in [1.54, 1.807) is 0 Å². The highest BCUT2D eigenvalue weighted by Gasteiger charge is 2.11. The molecule has 1 aliphatic rings. The van der Waals surface area contributed by atoms with Crippen LogP contribution in [0.1, 0.15) is 30.6 Å². The zero-order valence-electron chi connectivity index (χ0n) is 17.6. The van der Waals surface area contributed by atoms with Gasteiger partial charge in [0, 0.05) is 43.4 Å². The van der Waals surface area contributed by atoms with Crippen LogP contribution >= 0.6 is 35.7 Å². The molecule has 1 heterocycles. The van der Waals surface area contributed by atoms with Crippen molar-refractivity contribution in [1.82, 2.24) is 10.6 Å². The monoisotopic (exact) mass is 540 g/mol. The summed E-state index contributed by atoms with van der Waals surface area (Å²) in [4.78, 5) is 7.14. The maximum absolute atomic E-state index is 10.3. The molecule has 1 aliphatic heterocycles. The molecule has 30 heavy (non-hydrogen) atoms. The van der Waals surface area contributed by atoms with Crippen molar-refractivity contribution in [3.05, 3.63) is 65.7 Å². The van der Waals surface area contributed by atoms with Gasteiger partial charge in [0.25, 0.3) is 0 Å². The average molecular weight is 541 g/mol. The summed E-state index contributed by atoms with van der Waals surface area (Å²) in [5, 5.41) is 16.9. The van der Waals surface area contributed by atoms with Crippen LogP contribution in [0.4, 0.5) is 5.69 Å². The summed E-state index contributed by atoms with van der Waals surface area (Å²) in [5.41, 5.74) is 3.45. The van der Waals surface area contributed by atoms with Gasteiger partial charge in [-0.2, -0.15) is 11.8 Å². The topological polar surface area (TPSA) is 59.9 Å². The van der Waals surface area contributed by atoms with Crippen LogP contribution in [-0.2, 0) is 6.54 Å². The van der Waals surface area contributed by atoms with Gasteiger partial charge in [-0.1, -0.05) is 42.5 Å². The van der Waals surface area contributed by atoms with E-state index >= 15 is 0 Å². The summed E-state index contributed by atoms with van der Waals surface area (Å²) < 4.78 is 0. The van der Waals surface area contributed by atoms with E-state index < -0.39 is 6.10 Å². The molecule has 1 fully saturated rings. The number of aliphatic hydroxyl groups is 1. The number of guanidine groups is 1. The first-order chi connectivity index (χ1) is 14.3. The minimum absolute atomic E-state index is 0. The van der Waals surface area contributed by atoms with Crippen molar-refractivity contribution in [2.75, 3.05) is 42.6 Å². The number of hydrogen-bond acceptors (Lipinski definition) is 4. The quantitative estimate of drug-likeness (QED) is 0.268.